The van der Waals surface area contributed by atoms with Crippen molar-refractivity contribution in [3.05, 3.63) is 254 Å². The maximum Gasteiger partial charge on any atom is 0.139 e. The topological polar surface area (TPSA) is 146 Å². The number of aryl methyl sites for hydroxylation is 9. The lowest BCUT2D eigenvalue weighted by Crippen LogP contribution is -1.80. The van der Waals surface area contributed by atoms with Gasteiger partial charge in [0.2, 0.25) is 0 Å². The van der Waals surface area contributed by atoms with Crippen molar-refractivity contribution in [3.8, 4) is 0 Å². The number of thiophene rings is 1. The van der Waals surface area contributed by atoms with E-state index in [0.717, 1.165) is 117 Å². The van der Waals surface area contributed by atoms with Crippen LogP contribution < -0.4 is 0 Å². The van der Waals surface area contributed by atoms with Crippen molar-refractivity contribution in [2.45, 2.75) is 62.3 Å². The molecule has 0 atom stereocenters. The number of hydrogen-bond donors (Lipinski definition) is 6. The summed E-state index contributed by atoms with van der Waals surface area (Å²) in [6.07, 6.45) is 12.6. The summed E-state index contributed by atoms with van der Waals surface area (Å²) in [5.41, 5.74) is 16.5. The summed E-state index contributed by atoms with van der Waals surface area (Å²) in [4.78, 5) is 36.6. The normalized spacial score (nSPS) is 10.6. The third-order valence-electron chi connectivity index (χ3n) is 13.0. The number of pyridine rings is 4. The van der Waals surface area contributed by atoms with Crippen LogP contribution in [0, 0.1) is 62.3 Å². The summed E-state index contributed by atoms with van der Waals surface area (Å²) in [5, 5.41) is 13.0. The molecule has 0 aliphatic heterocycles. The van der Waals surface area contributed by atoms with E-state index in [1.807, 2.05) is 133 Å². The molecule has 0 unspecified atom stereocenters. The quantitative estimate of drug-likeness (QED) is 0.0898. The minimum Gasteiger partial charge on any atom is -0.361 e. The van der Waals surface area contributed by atoms with Gasteiger partial charge < -0.3 is 29.9 Å². The highest BCUT2D eigenvalue weighted by molar-refractivity contribution is 7.16. The van der Waals surface area contributed by atoms with Gasteiger partial charge in [-0.05, 0) is 176 Å². The minimum atomic E-state index is 0.677. The van der Waals surface area contributed by atoms with Gasteiger partial charge in [-0.2, -0.15) is 0 Å². The van der Waals surface area contributed by atoms with Crippen LogP contribution in [-0.2, 0) is 0 Å². The second kappa shape index (κ2) is 30.1. The highest BCUT2D eigenvalue weighted by atomic mass is 35.5. The maximum atomic E-state index is 5.89. The van der Waals surface area contributed by atoms with Gasteiger partial charge in [0.05, 0.1) is 40.5 Å². The number of aromatic amines is 6. The van der Waals surface area contributed by atoms with Crippen molar-refractivity contribution in [3.63, 3.8) is 0 Å². The molecule has 19 heteroatoms. The number of nitrogens with zero attached hydrogens (tertiary/aromatic N) is 4. The second-order valence-electron chi connectivity index (χ2n) is 20.2. The molecular formula is C67H60Cl8N10S. The van der Waals surface area contributed by atoms with Gasteiger partial charge >= 0.3 is 0 Å². The third-order valence-corrected chi connectivity index (χ3v) is 16.3. The molecule has 0 saturated heterocycles. The molecule has 10 nitrogen and oxygen atoms in total. The van der Waals surface area contributed by atoms with E-state index >= 15 is 0 Å². The van der Waals surface area contributed by atoms with E-state index in [0.29, 0.717) is 5.02 Å². The monoisotopic (exact) mass is 1320 g/mol. The Hall–Kier alpha value is -7.00. The van der Waals surface area contributed by atoms with E-state index in [1.54, 1.807) is 30.9 Å². The molecule has 15 aromatic rings. The Balaban J connectivity index is 0.000000128. The first-order valence-corrected chi connectivity index (χ1v) is 30.7. The summed E-state index contributed by atoms with van der Waals surface area (Å²) < 4.78 is 0.757. The highest BCUT2D eigenvalue weighted by Gasteiger charge is 2.05. The molecule has 0 aliphatic carbocycles. The zero-order valence-corrected chi connectivity index (χ0v) is 55.2. The molecule has 4 aromatic carbocycles. The minimum absolute atomic E-state index is 0.677. The second-order valence-corrected chi connectivity index (χ2v) is 25.1. The molecule has 0 aliphatic rings. The number of H-pyrrole nitrogens is 6. The molecule has 86 heavy (non-hydrogen) atoms. The smallest absolute Gasteiger partial charge is 0.139 e. The van der Waals surface area contributed by atoms with Crippen LogP contribution in [0.3, 0.4) is 0 Å². The molecule has 440 valence electrons. The van der Waals surface area contributed by atoms with E-state index < -0.39 is 0 Å². The average molecular weight is 1320 g/mol. The first kappa shape index (κ1) is 65.0. The molecule has 0 spiro atoms. The van der Waals surface area contributed by atoms with Gasteiger partial charge in [-0.15, -0.1) is 11.3 Å². The van der Waals surface area contributed by atoms with Crippen LogP contribution in [-0.4, -0.2) is 49.8 Å². The zero-order chi connectivity index (χ0) is 61.8. The maximum absolute atomic E-state index is 5.89. The molecule has 0 fully saturated rings. The van der Waals surface area contributed by atoms with Crippen LogP contribution in [0.4, 0.5) is 0 Å². The first-order valence-electron chi connectivity index (χ1n) is 26.8. The largest absolute Gasteiger partial charge is 0.361 e. The van der Waals surface area contributed by atoms with Gasteiger partial charge in [-0.1, -0.05) is 123 Å². The predicted molar refractivity (Wildman–Crippen MR) is 372 cm³/mol. The summed E-state index contributed by atoms with van der Waals surface area (Å²) in [5.74, 6) is 0. The lowest BCUT2D eigenvalue weighted by molar-refractivity contribution is 1.22. The fourth-order valence-corrected chi connectivity index (χ4v) is 11.3. The van der Waals surface area contributed by atoms with Gasteiger partial charge in [0.1, 0.15) is 11.3 Å². The molecule has 11 aromatic heterocycles. The first-order chi connectivity index (χ1) is 41.0. The number of fused-ring (bicyclic) bond motifs is 7. The van der Waals surface area contributed by atoms with Crippen molar-refractivity contribution in [1.29, 1.82) is 0 Å². The van der Waals surface area contributed by atoms with Gasteiger partial charge in [-0.3, -0.25) is 9.97 Å². The predicted octanol–water partition coefficient (Wildman–Crippen LogP) is 23.2. The summed E-state index contributed by atoms with van der Waals surface area (Å²) in [7, 11) is 0. The van der Waals surface area contributed by atoms with E-state index in [9.17, 15) is 0 Å². The summed E-state index contributed by atoms with van der Waals surface area (Å²) in [6.45, 7) is 18.2. The lowest BCUT2D eigenvalue weighted by atomic mass is 10.1. The standard InChI is InChI=1S/C10H8ClN.C10H11N.2C9H8ClN.3C8H7ClN2.C5H4Cl2S/c1-7-4-8-2-3-9(11)5-10(8)12-6-7;1-7-3-4-9-8(2)6-11-10(9)5-7;1-6-4-7-5-8(10)2-3-9(7)11-6;1-6-2-3-7-8(10)5-11-9(7)4-6;1-5-2-8-6(3-10-5)7(9)4-11-8;1-5-2-6-3-7(9)4-10-8(6)11-5;1-5-2-3-6-7(9)4-10-8(6)11-5;1-3-4(6)2-5(7)8-3/h2-6H,1H3;3-6,11H,1-2H3;2*2-5,11H,1H3;2-4,11H,1H3;2*2-4H,1H3,(H,10,11);2H,1H3. The Bertz CT molecular complexity index is 4260. The fraction of sp³-hybridized carbons (Fsp3) is 0.134. The fourth-order valence-electron chi connectivity index (χ4n) is 8.75. The van der Waals surface area contributed by atoms with E-state index in [2.05, 4.69) is 113 Å². The third kappa shape index (κ3) is 18.0. The van der Waals surface area contributed by atoms with Crippen LogP contribution in [0.15, 0.2) is 165 Å². The van der Waals surface area contributed by atoms with Crippen LogP contribution in [0.5, 0.6) is 0 Å². The Kier molecular flexibility index (Phi) is 22.7. The molecule has 6 N–H and O–H groups in total. The molecular weight excluding hydrogens is 1260 g/mol. The van der Waals surface area contributed by atoms with Gasteiger partial charge in [0.25, 0.3) is 0 Å². The summed E-state index contributed by atoms with van der Waals surface area (Å²) in [6, 6.07) is 40.0. The molecule has 0 amide bonds. The van der Waals surface area contributed by atoms with Gasteiger partial charge in [-0.25, -0.2) is 9.97 Å². The summed E-state index contributed by atoms with van der Waals surface area (Å²) >= 11 is 47.7. The van der Waals surface area contributed by atoms with E-state index in [4.69, 9.17) is 92.8 Å². The molecule has 15 rings (SSSR count). The van der Waals surface area contributed by atoms with Crippen molar-refractivity contribution in [1.82, 2.24) is 49.8 Å². The SMILES string of the molecule is Cc1cc2[nH]cc(Cl)c2cn1.Cc1cc2cc(Cl)ccc2[nH]1.Cc1cc2cc(Cl)cnc2[nH]1.Cc1ccc2c(C)c[nH]c2c1.Cc1ccc2c(Cl)c[nH]c2c1.Cc1ccc2c(Cl)c[nH]c2n1.Cc1cnc2cc(Cl)ccc2c1.Cc1sc(Cl)cc1Cl. The Labute approximate surface area is 542 Å². The van der Waals surface area contributed by atoms with Crippen LogP contribution in [0.1, 0.15) is 49.9 Å². The number of rotatable bonds is 0. The molecule has 0 bridgehead atoms. The lowest BCUT2D eigenvalue weighted by Gasteiger charge is -1.98. The number of hydrogen-bond acceptors (Lipinski definition) is 5. The Morgan fingerprint density at radius 3 is 1.65 bits per heavy atom. The van der Waals surface area contributed by atoms with E-state index in [1.165, 1.54) is 55.6 Å². The van der Waals surface area contributed by atoms with Crippen LogP contribution in [0.25, 0.3) is 76.6 Å². The number of nitrogens with one attached hydrogen (secondary N) is 6. The molecule has 0 radical (unpaired) electrons. The average Bonchev–Trinajstić information content (AvgIpc) is 4.48. The number of halogens is 8. The van der Waals surface area contributed by atoms with Gasteiger partial charge in [0.15, 0.2) is 0 Å². The van der Waals surface area contributed by atoms with Crippen molar-refractivity contribution < 1.29 is 0 Å². The zero-order valence-electron chi connectivity index (χ0n) is 48.3. The van der Waals surface area contributed by atoms with Crippen molar-refractivity contribution >= 4 is 181 Å². The Morgan fingerprint density at radius 2 is 0.953 bits per heavy atom. The highest BCUT2D eigenvalue weighted by Crippen LogP contribution is 2.30. The molecule has 0 saturated carbocycles. The number of aromatic nitrogens is 10. The number of benzene rings is 4. The van der Waals surface area contributed by atoms with E-state index in [-0.39, 0.29) is 0 Å². The Morgan fingerprint density at radius 1 is 0.360 bits per heavy atom. The molecule has 11 heterocycles. The van der Waals surface area contributed by atoms with Crippen LogP contribution >= 0.6 is 104 Å². The van der Waals surface area contributed by atoms with Crippen molar-refractivity contribution in [2.75, 3.05) is 0 Å². The van der Waals surface area contributed by atoms with Crippen molar-refractivity contribution in [2.24, 2.45) is 0 Å². The van der Waals surface area contributed by atoms with Gasteiger partial charge in [0, 0.05) is 135 Å². The van der Waals surface area contributed by atoms with Crippen LogP contribution in [0.2, 0.25) is 39.5 Å².